The third-order valence-electron chi connectivity index (χ3n) is 5.16. The van der Waals surface area contributed by atoms with Crippen LogP contribution in [0.3, 0.4) is 0 Å². The maximum absolute atomic E-state index is 12.8. The summed E-state index contributed by atoms with van der Waals surface area (Å²) in [5.41, 5.74) is 2.42. The number of rotatable bonds is 8. The van der Waals surface area contributed by atoms with Crippen LogP contribution in [0.25, 0.3) is 0 Å². The normalized spacial score (nSPS) is 12.8. The Morgan fingerprint density at radius 2 is 1.79 bits per heavy atom. The molecule has 2 aromatic rings. The maximum atomic E-state index is 12.8. The predicted molar refractivity (Wildman–Crippen MR) is 117 cm³/mol. The van der Waals surface area contributed by atoms with Crippen LogP contribution in [-0.4, -0.2) is 38.9 Å². The second kappa shape index (κ2) is 9.71. The standard InChI is InChI=1S/C21H28ClN3O3S/c1-5-25(6-2)19(17-9-7-8-10-18(17)22)13-24-21(26)16-11-14(3)15(4)20(12-16)29(23,27)28/h7-12,19H,5-6,13H2,1-4H3,(H,24,26)(H2,23,27,28). The fraction of sp³-hybridized carbons (Fsp3) is 0.381. The predicted octanol–water partition coefficient (Wildman–Crippen LogP) is 3.42. The van der Waals surface area contributed by atoms with Gasteiger partial charge in [0.05, 0.1) is 10.9 Å². The molecule has 2 aromatic carbocycles. The number of carbonyl (C=O) groups is 1. The Balaban J connectivity index is 2.31. The first-order valence-electron chi connectivity index (χ1n) is 9.50. The quantitative estimate of drug-likeness (QED) is 0.661. The molecule has 0 saturated heterocycles. The zero-order valence-corrected chi connectivity index (χ0v) is 18.8. The Bertz CT molecular complexity index is 989. The third-order valence-corrected chi connectivity index (χ3v) is 6.54. The minimum atomic E-state index is -3.92. The molecule has 0 heterocycles. The summed E-state index contributed by atoms with van der Waals surface area (Å²) >= 11 is 6.40. The van der Waals surface area contributed by atoms with E-state index in [0.29, 0.717) is 22.7 Å². The molecule has 1 amide bonds. The number of nitrogens with two attached hydrogens (primary N) is 1. The van der Waals surface area contributed by atoms with Gasteiger partial charge in [0.25, 0.3) is 5.91 Å². The first-order chi connectivity index (χ1) is 13.6. The molecular weight excluding hydrogens is 410 g/mol. The van der Waals surface area contributed by atoms with E-state index in [0.717, 1.165) is 18.7 Å². The van der Waals surface area contributed by atoms with Crippen LogP contribution in [0.1, 0.15) is 46.9 Å². The maximum Gasteiger partial charge on any atom is 0.251 e. The Kier molecular flexibility index (Phi) is 7.82. The number of nitrogens with one attached hydrogen (secondary N) is 1. The zero-order valence-electron chi connectivity index (χ0n) is 17.2. The lowest BCUT2D eigenvalue weighted by molar-refractivity contribution is 0.0934. The Morgan fingerprint density at radius 3 is 2.34 bits per heavy atom. The van der Waals surface area contributed by atoms with Gasteiger partial charge in [-0.3, -0.25) is 9.69 Å². The van der Waals surface area contributed by atoms with Gasteiger partial charge in [-0.05, 0) is 61.8 Å². The van der Waals surface area contributed by atoms with Crippen LogP contribution in [0.15, 0.2) is 41.3 Å². The number of halogens is 1. The van der Waals surface area contributed by atoms with Crippen LogP contribution in [0.4, 0.5) is 0 Å². The molecule has 0 spiro atoms. The summed E-state index contributed by atoms with van der Waals surface area (Å²) in [6.07, 6.45) is 0. The molecular formula is C21H28ClN3O3S. The van der Waals surface area contributed by atoms with E-state index in [1.807, 2.05) is 24.3 Å². The largest absolute Gasteiger partial charge is 0.350 e. The summed E-state index contributed by atoms with van der Waals surface area (Å²) in [5, 5.41) is 8.87. The zero-order chi connectivity index (χ0) is 21.8. The molecule has 158 valence electrons. The number of carbonyl (C=O) groups excluding carboxylic acids is 1. The van der Waals surface area contributed by atoms with Crippen LogP contribution in [-0.2, 0) is 10.0 Å². The second-order valence-electron chi connectivity index (χ2n) is 6.93. The topological polar surface area (TPSA) is 92.5 Å². The molecule has 6 nitrogen and oxygen atoms in total. The second-order valence-corrected chi connectivity index (χ2v) is 8.87. The van der Waals surface area contributed by atoms with Crippen molar-refractivity contribution >= 4 is 27.5 Å². The van der Waals surface area contributed by atoms with Crippen molar-refractivity contribution in [3.8, 4) is 0 Å². The van der Waals surface area contributed by atoms with E-state index in [2.05, 4.69) is 24.1 Å². The van der Waals surface area contributed by atoms with Crippen LogP contribution in [0.5, 0.6) is 0 Å². The lowest BCUT2D eigenvalue weighted by Crippen LogP contribution is -2.38. The Hall–Kier alpha value is -1.93. The monoisotopic (exact) mass is 437 g/mol. The van der Waals surface area contributed by atoms with Gasteiger partial charge in [-0.2, -0.15) is 0 Å². The van der Waals surface area contributed by atoms with Gasteiger partial charge in [-0.1, -0.05) is 43.6 Å². The highest BCUT2D eigenvalue weighted by molar-refractivity contribution is 7.89. The van der Waals surface area contributed by atoms with Gasteiger partial charge in [0, 0.05) is 17.1 Å². The Morgan fingerprint density at radius 1 is 1.17 bits per heavy atom. The molecule has 0 aromatic heterocycles. The number of aryl methyl sites for hydroxylation is 1. The molecule has 0 radical (unpaired) electrons. The smallest absolute Gasteiger partial charge is 0.251 e. The van der Waals surface area contributed by atoms with Crippen molar-refractivity contribution in [3.05, 3.63) is 63.7 Å². The van der Waals surface area contributed by atoms with Crippen molar-refractivity contribution < 1.29 is 13.2 Å². The van der Waals surface area contributed by atoms with Crippen molar-refractivity contribution in [2.24, 2.45) is 5.14 Å². The summed E-state index contributed by atoms with van der Waals surface area (Å²) < 4.78 is 23.7. The van der Waals surface area contributed by atoms with E-state index in [-0.39, 0.29) is 22.4 Å². The minimum absolute atomic E-state index is 0.0333. The van der Waals surface area contributed by atoms with Crippen molar-refractivity contribution in [2.75, 3.05) is 19.6 Å². The summed E-state index contributed by atoms with van der Waals surface area (Å²) in [6.45, 7) is 9.45. The van der Waals surface area contributed by atoms with Crippen molar-refractivity contribution in [3.63, 3.8) is 0 Å². The van der Waals surface area contributed by atoms with Crippen molar-refractivity contribution in [1.29, 1.82) is 0 Å². The lowest BCUT2D eigenvalue weighted by atomic mass is 10.0. The molecule has 0 saturated carbocycles. The number of nitrogens with zero attached hydrogens (tertiary/aromatic N) is 1. The number of hydrogen-bond acceptors (Lipinski definition) is 4. The number of sulfonamides is 1. The first-order valence-corrected chi connectivity index (χ1v) is 11.4. The summed E-state index contributed by atoms with van der Waals surface area (Å²) in [4.78, 5) is 15.0. The fourth-order valence-corrected chi connectivity index (χ4v) is 4.53. The van der Waals surface area contributed by atoms with Gasteiger partial charge >= 0.3 is 0 Å². The molecule has 29 heavy (non-hydrogen) atoms. The molecule has 1 atom stereocenters. The lowest BCUT2D eigenvalue weighted by Gasteiger charge is -2.31. The fourth-order valence-electron chi connectivity index (χ4n) is 3.39. The van der Waals surface area contributed by atoms with Crippen LogP contribution in [0, 0.1) is 13.8 Å². The molecule has 0 fully saturated rings. The molecule has 3 N–H and O–H groups in total. The molecule has 8 heteroatoms. The van der Waals surface area contributed by atoms with E-state index in [1.54, 1.807) is 19.9 Å². The first kappa shape index (κ1) is 23.3. The van der Waals surface area contributed by atoms with Gasteiger partial charge < -0.3 is 5.32 Å². The van der Waals surface area contributed by atoms with Gasteiger partial charge in [-0.15, -0.1) is 0 Å². The molecule has 0 aliphatic heterocycles. The van der Waals surface area contributed by atoms with Crippen molar-refractivity contribution in [2.45, 2.75) is 38.6 Å². The summed E-state index contributed by atoms with van der Waals surface area (Å²) in [7, 11) is -3.92. The van der Waals surface area contributed by atoms with Crippen LogP contribution < -0.4 is 10.5 Å². The highest BCUT2D eigenvalue weighted by Crippen LogP contribution is 2.27. The number of amides is 1. The SMILES string of the molecule is CCN(CC)C(CNC(=O)c1cc(C)c(C)c(S(N)(=O)=O)c1)c1ccccc1Cl. The number of likely N-dealkylation sites (N-methyl/N-ethyl adjacent to an activating group) is 1. The number of benzene rings is 2. The van der Waals surface area contributed by atoms with Gasteiger partial charge in [0.2, 0.25) is 10.0 Å². The van der Waals surface area contributed by atoms with Gasteiger partial charge in [-0.25, -0.2) is 13.6 Å². The highest BCUT2D eigenvalue weighted by atomic mass is 35.5. The molecule has 2 rings (SSSR count). The molecule has 1 unspecified atom stereocenters. The van der Waals surface area contributed by atoms with Gasteiger partial charge in [0.15, 0.2) is 0 Å². The Labute approximate surface area is 178 Å². The van der Waals surface area contributed by atoms with Gasteiger partial charge in [0.1, 0.15) is 0 Å². The third kappa shape index (κ3) is 5.57. The minimum Gasteiger partial charge on any atom is -0.350 e. The van der Waals surface area contributed by atoms with E-state index in [4.69, 9.17) is 16.7 Å². The van der Waals surface area contributed by atoms with Crippen LogP contribution in [0.2, 0.25) is 5.02 Å². The van der Waals surface area contributed by atoms with Crippen molar-refractivity contribution in [1.82, 2.24) is 10.2 Å². The van der Waals surface area contributed by atoms with E-state index >= 15 is 0 Å². The van der Waals surface area contributed by atoms with Crippen LogP contribution >= 0.6 is 11.6 Å². The molecule has 0 aliphatic rings. The number of primary sulfonamides is 1. The summed E-state index contributed by atoms with van der Waals surface area (Å²) in [5.74, 6) is -0.359. The van der Waals surface area contributed by atoms with E-state index in [9.17, 15) is 13.2 Å². The highest BCUT2D eigenvalue weighted by Gasteiger charge is 2.22. The summed E-state index contributed by atoms with van der Waals surface area (Å²) in [6, 6.07) is 10.5. The number of hydrogen-bond donors (Lipinski definition) is 2. The van der Waals surface area contributed by atoms with E-state index in [1.165, 1.54) is 6.07 Å². The average Bonchev–Trinajstić information content (AvgIpc) is 2.66. The molecule has 0 bridgehead atoms. The average molecular weight is 438 g/mol. The molecule has 0 aliphatic carbocycles. The van der Waals surface area contributed by atoms with E-state index < -0.39 is 10.0 Å².